The van der Waals surface area contributed by atoms with Gasteiger partial charge in [-0.15, -0.1) is 0 Å². The highest BCUT2D eigenvalue weighted by molar-refractivity contribution is 9.10. The molecule has 1 aliphatic rings. The van der Waals surface area contributed by atoms with Crippen molar-refractivity contribution < 1.29 is 4.74 Å². The molecule has 0 aromatic heterocycles. The van der Waals surface area contributed by atoms with Crippen LogP contribution >= 0.6 is 27.5 Å². The fraction of sp³-hybridized carbons (Fsp3) is 0.333. The van der Waals surface area contributed by atoms with Crippen molar-refractivity contribution >= 4 is 27.5 Å². The van der Waals surface area contributed by atoms with Crippen LogP contribution in [0.3, 0.4) is 0 Å². The highest BCUT2D eigenvalue weighted by atomic mass is 79.9. The highest BCUT2D eigenvalue weighted by Gasteiger charge is 2.20. The monoisotopic (exact) mass is 261 g/mol. The van der Waals surface area contributed by atoms with Crippen molar-refractivity contribution in [1.29, 1.82) is 0 Å². The van der Waals surface area contributed by atoms with Crippen LogP contribution in [0.4, 0.5) is 0 Å². The Morgan fingerprint density at radius 3 is 3.08 bits per heavy atom. The molecular weight excluding hydrogens is 253 g/mol. The molecule has 0 radical (unpaired) electrons. The molecule has 4 heteroatoms. The van der Waals surface area contributed by atoms with Gasteiger partial charge in [-0.25, -0.2) is 0 Å². The van der Waals surface area contributed by atoms with E-state index in [0.717, 1.165) is 22.2 Å². The maximum atomic E-state index is 6.00. The normalized spacial score (nSPS) is 20.7. The Morgan fingerprint density at radius 1 is 1.54 bits per heavy atom. The number of benzene rings is 1. The lowest BCUT2D eigenvalue weighted by atomic mass is 10.0. The van der Waals surface area contributed by atoms with E-state index >= 15 is 0 Å². The molecular formula is C9H9BrClNO. The van der Waals surface area contributed by atoms with Crippen LogP contribution in [0, 0.1) is 0 Å². The first kappa shape index (κ1) is 9.31. The minimum Gasteiger partial charge on any atom is -0.492 e. The Balaban J connectivity index is 2.56. The molecule has 70 valence electrons. The van der Waals surface area contributed by atoms with E-state index in [-0.39, 0.29) is 6.04 Å². The van der Waals surface area contributed by atoms with Crippen LogP contribution in [0.2, 0.25) is 5.02 Å². The zero-order chi connectivity index (χ0) is 9.42. The Hall–Kier alpha value is -0.250. The molecule has 1 heterocycles. The molecule has 0 spiro atoms. The topological polar surface area (TPSA) is 35.2 Å². The molecule has 0 amide bonds. The second kappa shape index (κ2) is 3.48. The summed E-state index contributed by atoms with van der Waals surface area (Å²) in [6, 6.07) is 3.82. The van der Waals surface area contributed by atoms with Gasteiger partial charge in [-0.1, -0.05) is 27.5 Å². The summed E-state index contributed by atoms with van der Waals surface area (Å²) in [5.41, 5.74) is 6.92. The molecule has 0 aliphatic carbocycles. The smallest absolute Gasteiger partial charge is 0.142 e. The van der Waals surface area contributed by atoms with Gasteiger partial charge in [-0.05, 0) is 12.1 Å². The van der Waals surface area contributed by atoms with Crippen molar-refractivity contribution in [2.24, 2.45) is 5.73 Å². The molecule has 2 rings (SSSR count). The summed E-state index contributed by atoms with van der Waals surface area (Å²) in [6.45, 7) is 0.648. The predicted octanol–water partition coefficient (Wildman–Crippen LogP) is 2.88. The highest BCUT2D eigenvalue weighted by Crippen LogP contribution is 2.38. The summed E-state index contributed by atoms with van der Waals surface area (Å²) >= 11 is 9.38. The van der Waals surface area contributed by atoms with Crippen LogP contribution in [0.5, 0.6) is 5.75 Å². The second-order valence-corrected chi connectivity index (χ2v) is 4.37. The van der Waals surface area contributed by atoms with Gasteiger partial charge in [0.15, 0.2) is 0 Å². The summed E-state index contributed by atoms with van der Waals surface area (Å²) in [4.78, 5) is 0. The third-order valence-corrected chi connectivity index (χ3v) is 2.85. The number of hydrogen-bond donors (Lipinski definition) is 1. The largest absolute Gasteiger partial charge is 0.492 e. The van der Waals surface area contributed by atoms with E-state index in [4.69, 9.17) is 22.1 Å². The Bertz CT molecular complexity index is 343. The predicted molar refractivity (Wildman–Crippen MR) is 56.2 cm³/mol. The summed E-state index contributed by atoms with van der Waals surface area (Å²) in [5, 5.41) is 0.625. The molecule has 1 aromatic carbocycles. The summed E-state index contributed by atoms with van der Waals surface area (Å²) in [6.07, 6.45) is 0.847. The summed E-state index contributed by atoms with van der Waals surface area (Å²) < 4.78 is 6.39. The number of halogens is 2. The molecule has 1 aliphatic heterocycles. The van der Waals surface area contributed by atoms with Crippen LogP contribution in [0.1, 0.15) is 18.0 Å². The van der Waals surface area contributed by atoms with E-state index in [9.17, 15) is 0 Å². The minimum atomic E-state index is 0.0405. The molecule has 0 saturated heterocycles. The molecule has 0 fully saturated rings. The van der Waals surface area contributed by atoms with Crippen LogP contribution in [0.25, 0.3) is 0 Å². The van der Waals surface area contributed by atoms with Gasteiger partial charge in [0.25, 0.3) is 0 Å². The zero-order valence-corrected chi connectivity index (χ0v) is 9.23. The van der Waals surface area contributed by atoms with E-state index in [1.165, 1.54) is 0 Å². The van der Waals surface area contributed by atoms with Crippen LogP contribution in [0.15, 0.2) is 16.6 Å². The van der Waals surface area contributed by atoms with Crippen LogP contribution in [-0.2, 0) is 0 Å². The fourth-order valence-electron chi connectivity index (χ4n) is 1.45. The van der Waals surface area contributed by atoms with Gasteiger partial charge in [0.2, 0.25) is 0 Å². The van der Waals surface area contributed by atoms with Gasteiger partial charge in [-0.2, -0.15) is 0 Å². The number of fused-ring (bicyclic) bond motifs is 1. The molecule has 1 unspecified atom stereocenters. The third-order valence-electron chi connectivity index (χ3n) is 2.11. The number of rotatable bonds is 0. The van der Waals surface area contributed by atoms with E-state index in [1.807, 2.05) is 12.1 Å². The molecule has 13 heavy (non-hydrogen) atoms. The van der Waals surface area contributed by atoms with Crippen molar-refractivity contribution in [2.75, 3.05) is 6.61 Å². The average Bonchev–Trinajstić information content (AvgIpc) is 2.07. The van der Waals surface area contributed by atoms with E-state index in [0.29, 0.717) is 11.6 Å². The van der Waals surface area contributed by atoms with Gasteiger partial charge in [0.05, 0.1) is 11.6 Å². The molecule has 0 saturated carbocycles. The first-order valence-corrected chi connectivity index (χ1v) is 5.23. The van der Waals surface area contributed by atoms with Gasteiger partial charge >= 0.3 is 0 Å². The molecule has 2 N–H and O–H groups in total. The number of ether oxygens (including phenoxy) is 1. The maximum absolute atomic E-state index is 6.00. The van der Waals surface area contributed by atoms with Crippen LogP contribution < -0.4 is 10.5 Å². The van der Waals surface area contributed by atoms with Gasteiger partial charge < -0.3 is 10.5 Å². The van der Waals surface area contributed by atoms with Crippen molar-refractivity contribution in [3.8, 4) is 5.75 Å². The standard InChI is InChI=1S/C9H9BrClNO/c10-5-3-6-8(12)1-2-13-9(6)7(11)4-5/h3-4,8H,1-2,12H2. The second-order valence-electron chi connectivity index (χ2n) is 3.05. The SMILES string of the molecule is NC1CCOc2c(Cl)cc(Br)cc21. The maximum Gasteiger partial charge on any atom is 0.142 e. The zero-order valence-electron chi connectivity index (χ0n) is 6.89. The van der Waals surface area contributed by atoms with E-state index < -0.39 is 0 Å². The van der Waals surface area contributed by atoms with Crippen LogP contribution in [-0.4, -0.2) is 6.61 Å². The van der Waals surface area contributed by atoms with Gasteiger partial charge in [0, 0.05) is 22.5 Å². The Labute approximate surface area is 90.1 Å². The minimum absolute atomic E-state index is 0.0405. The first-order valence-electron chi connectivity index (χ1n) is 4.06. The first-order chi connectivity index (χ1) is 6.18. The number of hydrogen-bond acceptors (Lipinski definition) is 2. The van der Waals surface area contributed by atoms with Gasteiger partial charge in [-0.3, -0.25) is 0 Å². The lowest BCUT2D eigenvalue weighted by Gasteiger charge is -2.23. The van der Waals surface area contributed by atoms with Crippen molar-refractivity contribution in [3.63, 3.8) is 0 Å². The van der Waals surface area contributed by atoms with Crippen molar-refractivity contribution in [3.05, 3.63) is 27.2 Å². The molecule has 1 atom stereocenters. The van der Waals surface area contributed by atoms with Crippen molar-refractivity contribution in [2.45, 2.75) is 12.5 Å². The Morgan fingerprint density at radius 2 is 2.31 bits per heavy atom. The molecule has 1 aromatic rings. The number of nitrogens with two attached hydrogens (primary N) is 1. The van der Waals surface area contributed by atoms with E-state index in [1.54, 1.807) is 0 Å². The van der Waals surface area contributed by atoms with Crippen molar-refractivity contribution in [1.82, 2.24) is 0 Å². The quantitative estimate of drug-likeness (QED) is 0.780. The Kier molecular flexibility index (Phi) is 2.49. The third kappa shape index (κ3) is 1.68. The average molecular weight is 263 g/mol. The summed E-state index contributed by atoms with van der Waals surface area (Å²) in [7, 11) is 0. The molecule has 0 bridgehead atoms. The van der Waals surface area contributed by atoms with E-state index in [2.05, 4.69) is 15.9 Å². The lowest BCUT2D eigenvalue weighted by Crippen LogP contribution is -2.20. The fourth-order valence-corrected chi connectivity index (χ4v) is 2.34. The van der Waals surface area contributed by atoms with Gasteiger partial charge in [0.1, 0.15) is 5.75 Å². The summed E-state index contributed by atoms with van der Waals surface area (Å²) in [5.74, 6) is 0.739. The lowest BCUT2D eigenvalue weighted by molar-refractivity contribution is 0.269. The molecule has 2 nitrogen and oxygen atoms in total.